The number of anilines is 1. The lowest BCUT2D eigenvalue weighted by atomic mass is 10.1. The van der Waals surface area contributed by atoms with Crippen molar-refractivity contribution in [1.82, 2.24) is 19.7 Å². The van der Waals surface area contributed by atoms with E-state index in [0.717, 1.165) is 33.5 Å². The Morgan fingerprint density at radius 3 is 2.19 bits per heavy atom. The quantitative estimate of drug-likeness (QED) is 0.419. The van der Waals surface area contributed by atoms with E-state index in [4.69, 9.17) is 4.98 Å². The van der Waals surface area contributed by atoms with E-state index in [1.807, 2.05) is 65.2 Å². The Kier molecular flexibility index (Phi) is 4.21. The van der Waals surface area contributed by atoms with Crippen molar-refractivity contribution in [1.29, 1.82) is 0 Å². The first kappa shape index (κ1) is 18.3. The summed E-state index contributed by atoms with van der Waals surface area (Å²) in [5.74, 6) is 0.615. The van der Waals surface area contributed by atoms with Crippen LogP contribution in [0, 0.1) is 0 Å². The molecule has 0 saturated heterocycles. The third-order valence-electron chi connectivity index (χ3n) is 5.82. The number of urea groups is 1. The highest BCUT2D eigenvalue weighted by Crippen LogP contribution is 2.43. The number of fused-ring (bicyclic) bond motifs is 4. The number of amides is 2. The van der Waals surface area contributed by atoms with Crippen LogP contribution in [0.1, 0.15) is 17.2 Å². The van der Waals surface area contributed by atoms with Crippen LogP contribution in [-0.2, 0) is 0 Å². The topological polar surface area (TPSA) is 71.3 Å². The van der Waals surface area contributed by atoms with Gasteiger partial charge in [-0.3, -0.25) is 14.7 Å². The van der Waals surface area contributed by atoms with Crippen LogP contribution < -0.4 is 10.6 Å². The summed E-state index contributed by atoms with van der Waals surface area (Å²) in [6.07, 6.45) is 5.33. The first-order chi connectivity index (χ1) is 15.8. The zero-order valence-corrected chi connectivity index (χ0v) is 17.1. The Labute approximate surface area is 184 Å². The minimum Gasteiger partial charge on any atom is -0.327 e. The zero-order valence-electron chi connectivity index (χ0n) is 17.1. The molecule has 0 radical (unpaired) electrons. The summed E-state index contributed by atoms with van der Waals surface area (Å²) >= 11 is 0. The number of nitrogens with zero attached hydrogens (tertiary/aromatic N) is 3. The van der Waals surface area contributed by atoms with Gasteiger partial charge in [0.05, 0.1) is 6.04 Å². The predicted octanol–water partition coefficient (Wildman–Crippen LogP) is 5.29. The van der Waals surface area contributed by atoms with Crippen molar-refractivity contribution in [2.45, 2.75) is 6.04 Å². The summed E-state index contributed by atoms with van der Waals surface area (Å²) in [4.78, 5) is 22.1. The Balaban J connectivity index is 1.37. The lowest BCUT2D eigenvalue weighted by Gasteiger charge is -2.17. The molecule has 0 unspecified atom stereocenters. The fourth-order valence-electron chi connectivity index (χ4n) is 4.41. The molecule has 1 aliphatic carbocycles. The Hall–Kier alpha value is -4.45. The molecular weight excluding hydrogens is 398 g/mol. The Morgan fingerprint density at radius 2 is 1.47 bits per heavy atom. The molecule has 0 aliphatic heterocycles. The molecule has 154 valence electrons. The van der Waals surface area contributed by atoms with Gasteiger partial charge in [-0.15, -0.1) is 0 Å². The van der Waals surface area contributed by atoms with Crippen molar-refractivity contribution in [3.63, 3.8) is 0 Å². The maximum Gasteiger partial charge on any atom is 0.321 e. The number of nitrogens with one attached hydrogen (secondary N) is 2. The minimum absolute atomic E-state index is 0.217. The number of pyridine rings is 2. The van der Waals surface area contributed by atoms with Crippen LogP contribution in [0.3, 0.4) is 0 Å². The molecule has 3 heterocycles. The highest BCUT2D eigenvalue weighted by atomic mass is 16.2. The molecule has 0 atom stereocenters. The van der Waals surface area contributed by atoms with Gasteiger partial charge in [-0.2, -0.15) is 0 Å². The number of hydrogen-bond acceptors (Lipinski definition) is 3. The van der Waals surface area contributed by atoms with Crippen LogP contribution in [-0.4, -0.2) is 20.4 Å². The van der Waals surface area contributed by atoms with E-state index < -0.39 is 0 Å². The van der Waals surface area contributed by atoms with E-state index in [1.54, 1.807) is 12.4 Å². The second-order valence-corrected chi connectivity index (χ2v) is 7.68. The third kappa shape index (κ3) is 2.93. The Morgan fingerprint density at radius 1 is 0.812 bits per heavy atom. The molecule has 2 amide bonds. The number of carbonyl (C=O) groups excluding carboxylic acids is 1. The van der Waals surface area contributed by atoms with E-state index in [1.165, 1.54) is 0 Å². The van der Waals surface area contributed by atoms with Crippen LogP contribution >= 0.6 is 0 Å². The molecule has 3 aromatic heterocycles. The van der Waals surface area contributed by atoms with Crippen molar-refractivity contribution in [3.05, 3.63) is 109 Å². The molecule has 1 aliphatic rings. The standard InChI is InChI=1S/C26H19N5O/c32-26(29-24-20-9-3-1-7-18(20)19-8-2-4-10-21(19)24)30-25-23(17-12-14-27-15-13-17)28-22-11-5-6-16-31(22)25/h1-16,24H,(H2,29,30,32). The van der Waals surface area contributed by atoms with Crippen LogP contribution in [0.5, 0.6) is 0 Å². The summed E-state index contributed by atoms with van der Waals surface area (Å²) in [6, 6.07) is 25.4. The molecule has 6 nitrogen and oxygen atoms in total. The fourth-order valence-corrected chi connectivity index (χ4v) is 4.41. The van der Waals surface area contributed by atoms with Crippen LogP contribution in [0.2, 0.25) is 0 Å². The summed E-state index contributed by atoms with van der Waals surface area (Å²) in [6.45, 7) is 0. The second kappa shape index (κ2) is 7.35. The molecule has 0 bridgehead atoms. The predicted molar refractivity (Wildman–Crippen MR) is 124 cm³/mol. The average Bonchev–Trinajstić information content (AvgIpc) is 3.36. The first-order valence-electron chi connectivity index (χ1n) is 10.4. The van der Waals surface area contributed by atoms with Gasteiger partial charge in [0, 0.05) is 24.2 Å². The van der Waals surface area contributed by atoms with Gasteiger partial charge in [-0.05, 0) is 46.5 Å². The van der Waals surface area contributed by atoms with Crippen LogP contribution in [0.25, 0.3) is 28.0 Å². The summed E-state index contributed by atoms with van der Waals surface area (Å²) < 4.78 is 1.88. The molecule has 2 N–H and O–H groups in total. The van der Waals surface area contributed by atoms with Crippen molar-refractivity contribution in [2.24, 2.45) is 0 Å². The van der Waals surface area contributed by atoms with Gasteiger partial charge in [0.2, 0.25) is 0 Å². The van der Waals surface area contributed by atoms with Crippen molar-refractivity contribution >= 4 is 17.5 Å². The van der Waals surface area contributed by atoms with E-state index in [2.05, 4.69) is 39.9 Å². The first-order valence-corrected chi connectivity index (χ1v) is 10.4. The molecule has 5 aromatic rings. The summed E-state index contributed by atoms with van der Waals surface area (Å²) in [7, 11) is 0. The largest absolute Gasteiger partial charge is 0.327 e. The van der Waals surface area contributed by atoms with Gasteiger partial charge in [0.15, 0.2) is 0 Å². The maximum absolute atomic E-state index is 13.2. The number of benzene rings is 2. The van der Waals surface area contributed by atoms with Gasteiger partial charge < -0.3 is 5.32 Å². The zero-order chi connectivity index (χ0) is 21.5. The smallest absolute Gasteiger partial charge is 0.321 e. The molecule has 32 heavy (non-hydrogen) atoms. The molecule has 6 rings (SSSR count). The van der Waals surface area contributed by atoms with Gasteiger partial charge in [0.1, 0.15) is 17.2 Å². The Bertz CT molecular complexity index is 1410. The summed E-state index contributed by atoms with van der Waals surface area (Å²) in [5.41, 5.74) is 6.83. The van der Waals surface area contributed by atoms with E-state index in [9.17, 15) is 4.79 Å². The lowest BCUT2D eigenvalue weighted by molar-refractivity contribution is 0.250. The van der Waals surface area contributed by atoms with E-state index in [-0.39, 0.29) is 12.1 Å². The monoisotopic (exact) mass is 417 g/mol. The number of imidazole rings is 1. The van der Waals surface area contributed by atoms with Crippen molar-refractivity contribution < 1.29 is 4.79 Å². The van der Waals surface area contributed by atoms with Gasteiger partial charge in [0.25, 0.3) is 0 Å². The highest BCUT2D eigenvalue weighted by Gasteiger charge is 2.29. The number of aromatic nitrogens is 3. The third-order valence-corrected chi connectivity index (χ3v) is 5.82. The number of hydrogen-bond donors (Lipinski definition) is 2. The maximum atomic E-state index is 13.2. The van der Waals surface area contributed by atoms with Gasteiger partial charge in [-0.1, -0.05) is 54.6 Å². The molecular formula is C26H19N5O. The molecule has 0 fully saturated rings. The molecule has 6 heteroatoms. The number of carbonyl (C=O) groups is 1. The SMILES string of the molecule is O=C(Nc1c(-c2ccncc2)nc2ccccn12)NC1c2ccccc2-c2ccccc21. The van der Waals surface area contributed by atoms with Crippen LogP contribution in [0.15, 0.2) is 97.5 Å². The average molecular weight is 417 g/mol. The van der Waals surface area contributed by atoms with E-state index >= 15 is 0 Å². The fraction of sp³-hybridized carbons (Fsp3) is 0.0385. The molecule has 0 saturated carbocycles. The van der Waals surface area contributed by atoms with Gasteiger partial charge >= 0.3 is 6.03 Å². The van der Waals surface area contributed by atoms with Crippen LogP contribution in [0.4, 0.5) is 10.6 Å². The summed E-state index contributed by atoms with van der Waals surface area (Å²) in [5, 5.41) is 6.22. The molecule has 2 aromatic carbocycles. The van der Waals surface area contributed by atoms with Crippen molar-refractivity contribution in [2.75, 3.05) is 5.32 Å². The number of rotatable bonds is 3. The lowest BCUT2D eigenvalue weighted by Crippen LogP contribution is -2.32. The second-order valence-electron chi connectivity index (χ2n) is 7.68. The van der Waals surface area contributed by atoms with Gasteiger partial charge in [-0.25, -0.2) is 9.78 Å². The van der Waals surface area contributed by atoms with Crippen molar-refractivity contribution in [3.8, 4) is 22.4 Å². The molecule has 0 spiro atoms. The van der Waals surface area contributed by atoms with E-state index in [0.29, 0.717) is 11.5 Å². The minimum atomic E-state index is -0.289. The normalized spacial score (nSPS) is 12.4. The highest BCUT2D eigenvalue weighted by molar-refractivity contribution is 5.94.